The molecular formula is C31H22BrClN2O5. The van der Waals surface area contributed by atoms with Crippen LogP contribution in [0.5, 0.6) is 5.75 Å². The summed E-state index contributed by atoms with van der Waals surface area (Å²) in [7, 11) is 1.53. The van der Waals surface area contributed by atoms with E-state index in [0.717, 1.165) is 4.90 Å². The summed E-state index contributed by atoms with van der Waals surface area (Å²) >= 11 is 9.82. The lowest BCUT2D eigenvalue weighted by molar-refractivity contribution is -0.123. The Balaban J connectivity index is 1.44. The highest BCUT2D eigenvalue weighted by molar-refractivity contribution is 9.10. The topological polar surface area (TPSA) is 84.0 Å². The highest BCUT2D eigenvalue weighted by Gasteiger charge is 2.63. The average Bonchev–Trinajstić information content (AvgIpc) is 3.44. The maximum absolute atomic E-state index is 14.1. The Labute approximate surface area is 243 Å². The summed E-state index contributed by atoms with van der Waals surface area (Å²) in [4.78, 5) is 58.1. The van der Waals surface area contributed by atoms with Crippen molar-refractivity contribution in [3.05, 3.63) is 117 Å². The first kappa shape index (κ1) is 26.2. The van der Waals surface area contributed by atoms with Gasteiger partial charge in [-0.15, -0.1) is 0 Å². The van der Waals surface area contributed by atoms with Crippen molar-refractivity contribution in [2.75, 3.05) is 12.0 Å². The van der Waals surface area contributed by atoms with Gasteiger partial charge in [-0.2, -0.15) is 0 Å². The van der Waals surface area contributed by atoms with Gasteiger partial charge in [-0.1, -0.05) is 60.1 Å². The molecule has 0 spiro atoms. The molecule has 3 aromatic carbocycles. The molecule has 7 nitrogen and oxygen atoms in total. The van der Waals surface area contributed by atoms with Crippen LogP contribution in [0.3, 0.4) is 0 Å². The summed E-state index contributed by atoms with van der Waals surface area (Å²) in [6.07, 6.45) is 4.99. The second-order valence-corrected chi connectivity index (χ2v) is 11.0. The lowest BCUT2D eigenvalue weighted by Crippen LogP contribution is -2.46. The van der Waals surface area contributed by atoms with Gasteiger partial charge >= 0.3 is 0 Å². The van der Waals surface area contributed by atoms with Crippen molar-refractivity contribution in [2.24, 2.45) is 11.8 Å². The molecule has 2 fully saturated rings. The summed E-state index contributed by atoms with van der Waals surface area (Å²) < 4.78 is 5.89. The van der Waals surface area contributed by atoms with Crippen LogP contribution in [-0.4, -0.2) is 47.5 Å². The molecule has 200 valence electrons. The molecule has 40 heavy (non-hydrogen) atoms. The Bertz CT molecular complexity index is 1640. The second-order valence-electron chi connectivity index (χ2n) is 9.74. The molecule has 4 atom stereocenters. The number of benzene rings is 3. The molecule has 3 aliphatic heterocycles. The highest BCUT2D eigenvalue weighted by Crippen LogP contribution is 2.48. The minimum absolute atomic E-state index is 0.207. The first-order valence-corrected chi connectivity index (χ1v) is 13.8. The number of halogens is 2. The number of hydrogen-bond donors (Lipinski definition) is 0. The number of Topliss-reactive ketones (excluding diaryl/α,β-unsaturated/α-hetero) is 2. The van der Waals surface area contributed by atoms with E-state index in [2.05, 4.69) is 15.9 Å². The lowest BCUT2D eigenvalue weighted by Gasteiger charge is -2.33. The number of anilines is 1. The van der Waals surface area contributed by atoms with E-state index in [0.29, 0.717) is 26.9 Å². The molecule has 0 N–H and O–H groups in total. The number of ketones is 2. The van der Waals surface area contributed by atoms with E-state index in [9.17, 15) is 19.2 Å². The summed E-state index contributed by atoms with van der Waals surface area (Å²) in [6, 6.07) is 18.7. The van der Waals surface area contributed by atoms with Crippen LogP contribution in [0, 0.1) is 11.8 Å². The number of nitrogens with zero attached hydrogens (tertiary/aromatic N) is 2. The number of amides is 2. The fourth-order valence-corrected chi connectivity index (χ4v) is 6.58. The van der Waals surface area contributed by atoms with Crippen molar-refractivity contribution in [2.45, 2.75) is 12.1 Å². The molecule has 0 bridgehead atoms. The van der Waals surface area contributed by atoms with Gasteiger partial charge in [0.2, 0.25) is 11.8 Å². The SMILES string of the molecule is COc1ccc(C(=O)[C@@H]2[C@@H]3C(=O)N(c4ccccc4Cl)C(=O)[C@@H]3[C@@H]3C=C(C(=O)c4ccccc4)C=CN23)cc1Br. The zero-order valence-electron chi connectivity index (χ0n) is 21.2. The molecule has 2 amide bonds. The summed E-state index contributed by atoms with van der Waals surface area (Å²) in [6.45, 7) is 0. The van der Waals surface area contributed by atoms with E-state index < -0.39 is 35.7 Å². The van der Waals surface area contributed by atoms with Crippen LogP contribution in [0.4, 0.5) is 5.69 Å². The van der Waals surface area contributed by atoms with Crippen LogP contribution in [0.1, 0.15) is 20.7 Å². The number of imide groups is 1. The fraction of sp³-hybridized carbons (Fsp3) is 0.161. The van der Waals surface area contributed by atoms with Crippen molar-refractivity contribution >= 4 is 56.6 Å². The van der Waals surface area contributed by atoms with Crippen LogP contribution in [0.2, 0.25) is 5.02 Å². The number of fused-ring (bicyclic) bond motifs is 3. The second kappa shape index (κ2) is 10.2. The molecule has 2 saturated heterocycles. The number of carbonyl (C=O) groups is 4. The maximum atomic E-state index is 14.1. The molecule has 0 unspecified atom stereocenters. The molecule has 3 aliphatic rings. The first-order chi connectivity index (χ1) is 19.3. The molecule has 9 heteroatoms. The number of para-hydroxylation sites is 1. The zero-order chi connectivity index (χ0) is 28.1. The molecule has 0 aliphatic carbocycles. The number of allylic oxidation sites excluding steroid dienone is 2. The number of rotatable bonds is 6. The van der Waals surface area contributed by atoms with E-state index >= 15 is 0 Å². The van der Waals surface area contributed by atoms with Gasteiger partial charge in [-0.05, 0) is 52.3 Å². The van der Waals surface area contributed by atoms with Gasteiger partial charge in [0, 0.05) is 22.9 Å². The molecule has 0 saturated carbocycles. The van der Waals surface area contributed by atoms with E-state index in [1.54, 1.807) is 90.0 Å². The van der Waals surface area contributed by atoms with Crippen LogP contribution in [0.25, 0.3) is 0 Å². The van der Waals surface area contributed by atoms with Crippen molar-refractivity contribution in [1.29, 1.82) is 0 Å². The van der Waals surface area contributed by atoms with Gasteiger partial charge in [0.05, 0.1) is 40.2 Å². The molecule has 0 aromatic heterocycles. The fourth-order valence-electron chi connectivity index (χ4n) is 5.81. The van der Waals surface area contributed by atoms with Crippen molar-refractivity contribution in [3.63, 3.8) is 0 Å². The minimum atomic E-state index is -0.978. The largest absolute Gasteiger partial charge is 0.496 e. The maximum Gasteiger partial charge on any atom is 0.240 e. The van der Waals surface area contributed by atoms with Gasteiger partial charge in [0.25, 0.3) is 0 Å². The molecular weight excluding hydrogens is 596 g/mol. The van der Waals surface area contributed by atoms with Crippen LogP contribution in [-0.2, 0) is 9.59 Å². The Morgan fingerprint density at radius 3 is 2.30 bits per heavy atom. The van der Waals surface area contributed by atoms with E-state index in [-0.39, 0.29) is 22.3 Å². The Kier molecular flexibility index (Phi) is 6.68. The summed E-state index contributed by atoms with van der Waals surface area (Å²) in [5.41, 5.74) is 1.53. The molecule has 0 radical (unpaired) electrons. The number of hydrogen-bond acceptors (Lipinski definition) is 6. The van der Waals surface area contributed by atoms with Gasteiger partial charge in [-0.3, -0.25) is 19.2 Å². The Morgan fingerprint density at radius 2 is 1.60 bits per heavy atom. The molecule has 6 rings (SSSR count). The third kappa shape index (κ3) is 4.10. The number of carbonyl (C=O) groups excluding carboxylic acids is 4. The molecule has 3 heterocycles. The third-order valence-electron chi connectivity index (χ3n) is 7.64. The third-order valence-corrected chi connectivity index (χ3v) is 8.58. The number of methoxy groups -OCH3 is 1. The standard InChI is InChI=1S/C31H22BrClN2O5/c1-40-24-12-11-18(15-20(24)32)29(37)27-26-25(30(38)35(31(26)39)22-10-6-5-9-21(22)33)23-16-19(13-14-34(23)27)28(36)17-7-3-2-4-8-17/h2-16,23,25-27H,1H3/t23-,25+,26+,27-/m0/s1. The van der Waals surface area contributed by atoms with Crippen LogP contribution < -0.4 is 9.64 Å². The van der Waals surface area contributed by atoms with E-state index in [4.69, 9.17) is 16.3 Å². The van der Waals surface area contributed by atoms with Gasteiger partial charge in [0.1, 0.15) is 11.8 Å². The minimum Gasteiger partial charge on any atom is -0.496 e. The first-order valence-electron chi connectivity index (χ1n) is 12.6. The smallest absolute Gasteiger partial charge is 0.240 e. The predicted molar refractivity (Wildman–Crippen MR) is 153 cm³/mol. The van der Waals surface area contributed by atoms with Crippen molar-refractivity contribution in [1.82, 2.24) is 4.90 Å². The lowest BCUT2D eigenvalue weighted by atomic mass is 9.85. The monoisotopic (exact) mass is 616 g/mol. The van der Waals surface area contributed by atoms with Gasteiger partial charge in [-0.25, -0.2) is 4.90 Å². The van der Waals surface area contributed by atoms with Crippen molar-refractivity contribution < 1.29 is 23.9 Å². The zero-order valence-corrected chi connectivity index (χ0v) is 23.5. The van der Waals surface area contributed by atoms with Gasteiger partial charge in [0.15, 0.2) is 11.6 Å². The Hall–Kier alpha value is -4.01. The number of ether oxygens (including phenoxy) is 1. The quantitative estimate of drug-likeness (QED) is 0.269. The summed E-state index contributed by atoms with van der Waals surface area (Å²) in [5.74, 6) is -2.79. The summed E-state index contributed by atoms with van der Waals surface area (Å²) in [5, 5.41) is 0.252. The highest BCUT2D eigenvalue weighted by atomic mass is 79.9. The van der Waals surface area contributed by atoms with Crippen LogP contribution in [0.15, 0.2) is 101 Å². The van der Waals surface area contributed by atoms with Crippen LogP contribution >= 0.6 is 27.5 Å². The van der Waals surface area contributed by atoms with E-state index in [1.165, 1.54) is 7.11 Å². The Morgan fingerprint density at radius 1 is 0.900 bits per heavy atom. The van der Waals surface area contributed by atoms with E-state index in [1.807, 2.05) is 6.07 Å². The predicted octanol–water partition coefficient (Wildman–Crippen LogP) is 5.49. The molecule has 3 aromatic rings. The van der Waals surface area contributed by atoms with Crippen molar-refractivity contribution in [3.8, 4) is 5.75 Å². The average molecular weight is 618 g/mol. The normalized spacial score (nSPS) is 23.1. The van der Waals surface area contributed by atoms with Gasteiger partial charge < -0.3 is 9.64 Å².